The Labute approximate surface area is 144 Å². The molecule has 0 spiro atoms. The Balaban J connectivity index is 1.43. The van der Waals surface area contributed by atoms with Crippen molar-refractivity contribution in [3.63, 3.8) is 0 Å². The van der Waals surface area contributed by atoms with Crippen molar-refractivity contribution < 1.29 is 19.2 Å². The number of ether oxygens (including phenoxy) is 2. The molecule has 2 aliphatic heterocycles. The number of rotatable bonds is 4. The largest absolute Gasteiger partial charge is 0.484 e. The number of amides is 1. The first-order chi connectivity index (χ1) is 11.6. The fourth-order valence-electron chi connectivity index (χ4n) is 3.94. The lowest BCUT2D eigenvalue weighted by Crippen LogP contribution is -3.19. The fraction of sp³-hybridized carbons (Fsp3) is 0.632. The number of piperidine rings is 1. The number of morpholine rings is 1. The molecule has 2 heterocycles. The van der Waals surface area contributed by atoms with Crippen LogP contribution in [0.15, 0.2) is 30.3 Å². The minimum atomic E-state index is 0.0935. The zero-order valence-electron chi connectivity index (χ0n) is 14.7. The van der Waals surface area contributed by atoms with E-state index >= 15 is 0 Å². The smallest absolute Gasteiger partial charge is 0.260 e. The maximum atomic E-state index is 12.3. The molecule has 5 heteroatoms. The molecule has 0 aromatic heterocycles. The minimum Gasteiger partial charge on any atom is -0.484 e. The molecule has 2 saturated heterocycles. The van der Waals surface area contributed by atoms with Gasteiger partial charge in [0, 0.05) is 25.9 Å². The number of quaternary nitrogens is 1. The van der Waals surface area contributed by atoms with Crippen molar-refractivity contribution in [3.8, 4) is 5.75 Å². The highest BCUT2D eigenvalue weighted by molar-refractivity contribution is 5.77. The second-order valence-corrected chi connectivity index (χ2v) is 7.08. The molecule has 3 rings (SSSR count). The molecule has 24 heavy (non-hydrogen) atoms. The molecule has 2 aliphatic rings. The van der Waals surface area contributed by atoms with Crippen molar-refractivity contribution >= 4 is 5.91 Å². The predicted molar refractivity (Wildman–Crippen MR) is 92.2 cm³/mol. The van der Waals surface area contributed by atoms with Gasteiger partial charge in [-0.3, -0.25) is 4.79 Å². The third kappa shape index (κ3) is 4.48. The lowest BCUT2D eigenvalue weighted by Gasteiger charge is -2.40. The molecule has 1 N–H and O–H groups in total. The first-order valence-corrected chi connectivity index (χ1v) is 9.07. The van der Waals surface area contributed by atoms with E-state index in [1.165, 1.54) is 0 Å². The number of hydrogen-bond acceptors (Lipinski definition) is 3. The Kier molecular flexibility index (Phi) is 5.74. The van der Waals surface area contributed by atoms with E-state index in [0.717, 1.165) is 44.8 Å². The van der Waals surface area contributed by atoms with Gasteiger partial charge in [-0.2, -0.15) is 0 Å². The molecule has 2 atom stereocenters. The highest BCUT2D eigenvalue weighted by Gasteiger charge is 2.34. The van der Waals surface area contributed by atoms with Gasteiger partial charge in [-0.15, -0.1) is 0 Å². The van der Waals surface area contributed by atoms with E-state index in [4.69, 9.17) is 9.47 Å². The Morgan fingerprint density at radius 2 is 1.79 bits per heavy atom. The van der Waals surface area contributed by atoms with E-state index in [0.29, 0.717) is 18.2 Å². The molecule has 0 bridgehead atoms. The lowest BCUT2D eigenvalue weighted by atomic mass is 10.0. The SMILES string of the molecule is C[C@@H]1C[NH+](C2CCN(C(=O)COc3ccccc3)CC2)C[C@@H](C)O1. The summed E-state index contributed by atoms with van der Waals surface area (Å²) in [6.45, 7) is 8.31. The van der Waals surface area contributed by atoms with Gasteiger partial charge in [-0.25, -0.2) is 0 Å². The van der Waals surface area contributed by atoms with Crippen molar-refractivity contribution in [2.75, 3.05) is 32.8 Å². The predicted octanol–water partition coefficient (Wildman–Crippen LogP) is 0.749. The van der Waals surface area contributed by atoms with Gasteiger partial charge in [0.1, 0.15) is 31.0 Å². The lowest BCUT2D eigenvalue weighted by molar-refractivity contribution is -0.940. The molecule has 5 nitrogen and oxygen atoms in total. The van der Waals surface area contributed by atoms with Gasteiger partial charge in [0.15, 0.2) is 6.61 Å². The van der Waals surface area contributed by atoms with Gasteiger partial charge in [0.05, 0.1) is 6.04 Å². The first kappa shape index (κ1) is 17.2. The third-order valence-corrected chi connectivity index (χ3v) is 5.09. The van der Waals surface area contributed by atoms with Gasteiger partial charge in [0.2, 0.25) is 0 Å². The van der Waals surface area contributed by atoms with Crippen LogP contribution in [0.1, 0.15) is 26.7 Å². The van der Waals surface area contributed by atoms with Crippen LogP contribution >= 0.6 is 0 Å². The van der Waals surface area contributed by atoms with E-state index in [2.05, 4.69) is 13.8 Å². The van der Waals surface area contributed by atoms with Crippen LogP contribution in [0, 0.1) is 0 Å². The summed E-state index contributed by atoms with van der Waals surface area (Å²) in [4.78, 5) is 15.9. The van der Waals surface area contributed by atoms with Crippen molar-refractivity contribution in [3.05, 3.63) is 30.3 Å². The molecule has 0 aliphatic carbocycles. The number of likely N-dealkylation sites (tertiary alicyclic amines) is 1. The van der Waals surface area contributed by atoms with Crippen molar-refractivity contribution in [1.29, 1.82) is 0 Å². The van der Waals surface area contributed by atoms with E-state index < -0.39 is 0 Å². The van der Waals surface area contributed by atoms with Crippen LogP contribution in [0.25, 0.3) is 0 Å². The average molecular weight is 333 g/mol. The van der Waals surface area contributed by atoms with Gasteiger partial charge < -0.3 is 19.3 Å². The van der Waals surface area contributed by atoms with E-state index in [1.807, 2.05) is 35.2 Å². The van der Waals surface area contributed by atoms with E-state index in [-0.39, 0.29) is 12.5 Å². The molecule has 1 aromatic rings. The quantitative estimate of drug-likeness (QED) is 0.884. The summed E-state index contributed by atoms with van der Waals surface area (Å²) in [6, 6.07) is 10.2. The second kappa shape index (κ2) is 7.99. The van der Waals surface area contributed by atoms with Crippen LogP contribution in [0.4, 0.5) is 0 Å². The first-order valence-electron chi connectivity index (χ1n) is 9.07. The monoisotopic (exact) mass is 333 g/mol. The van der Waals surface area contributed by atoms with Crippen LogP contribution in [0.3, 0.4) is 0 Å². The summed E-state index contributed by atoms with van der Waals surface area (Å²) in [7, 11) is 0. The molecule has 0 radical (unpaired) electrons. The highest BCUT2D eigenvalue weighted by Crippen LogP contribution is 2.12. The number of hydrogen-bond donors (Lipinski definition) is 1. The maximum Gasteiger partial charge on any atom is 0.260 e. The molecule has 132 valence electrons. The zero-order chi connectivity index (χ0) is 16.9. The fourth-order valence-corrected chi connectivity index (χ4v) is 3.94. The Hall–Kier alpha value is -1.59. The number of nitrogens with zero attached hydrogens (tertiary/aromatic N) is 1. The third-order valence-electron chi connectivity index (χ3n) is 5.09. The van der Waals surface area contributed by atoms with Crippen LogP contribution in [0.5, 0.6) is 5.75 Å². The van der Waals surface area contributed by atoms with Crippen molar-refractivity contribution in [1.82, 2.24) is 4.90 Å². The van der Waals surface area contributed by atoms with Crippen LogP contribution < -0.4 is 9.64 Å². The molecule has 2 fully saturated rings. The van der Waals surface area contributed by atoms with Crippen molar-refractivity contribution in [2.45, 2.75) is 44.9 Å². The van der Waals surface area contributed by atoms with Gasteiger partial charge in [0.25, 0.3) is 5.91 Å². The summed E-state index contributed by atoms with van der Waals surface area (Å²) >= 11 is 0. The molecule has 0 unspecified atom stereocenters. The number of carbonyl (C=O) groups excluding carboxylic acids is 1. The second-order valence-electron chi connectivity index (χ2n) is 7.08. The normalized spacial score (nSPS) is 28.6. The molecule has 1 aromatic carbocycles. The Bertz CT molecular complexity index is 519. The number of para-hydroxylation sites is 1. The molecular weight excluding hydrogens is 304 g/mol. The number of benzene rings is 1. The van der Waals surface area contributed by atoms with E-state index in [9.17, 15) is 4.79 Å². The molecule has 0 saturated carbocycles. The summed E-state index contributed by atoms with van der Waals surface area (Å²) in [5.74, 6) is 0.845. The van der Waals surface area contributed by atoms with Crippen molar-refractivity contribution in [2.24, 2.45) is 0 Å². The van der Waals surface area contributed by atoms with Crippen LogP contribution in [0.2, 0.25) is 0 Å². The van der Waals surface area contributed by atoms with E-state index in [1.54, 1.807) is 4.90 Å². The summed E-state index contributed by atoms with van der Waals surface area (Å²) in [6.07, 6.45) is 2.82. The average Bonchev–Trinajstić information content (AvgIpc) is 2.60. The summed E-state index contributed by atoms with van der Waals surface area (Å²) in [5.41, 5.74) is 0. The Morgan fingerprint density at radius 1 is 1.17 bits per heavy atom. The Morgan fingerprint density at radius 3 is 2.42 bits per heavy atom. The molecular formula is C19H29N2O3+. The highest BCUT2D eigenvalue weighted by atomic mass is 16.5. The summed E-state index contributed by atoms with van der Waals surface area (Å²) < 4.78 is 11.4. The number of carbonyl (C=O) groups is 1. The topological polar surface area (TPSA) is 43.2 Å². The maximum absolute atomic E-state index is 12.3. The summed E-state index contributed by atoms with van der Waals surface area (Å²) in [5, 5.41) is 0. The minimum absolute atomic E-state index is 0.0935. The number of nitrogens with one attached hydrogen (secondary N) is 1. The van der Waals surface area contributed by atoms with Gasteiger partial charge in [-0.05, 0) is 26.0 Å². The van der Waals surface area contributed by atoms with Crippen LogP contribution in [-0.2, 0) is 9.53 Å². The van der Waals surface area contributed by atoms with Gasteiger partial charge >= 0.3 is 0 Å². The zero-order valence-corrected chi connectivity index (χ0v) is 14.7. The molecule has 1 amide bonds. The van der Waals surface area contributed by atoms with Gasteiger partial charge in [-0.1, -0.05) is 18.2 Å². The van der Waals surface area contributed by atoms with Crippen LogP contribution in [-0.4, -0.2) is 61.8 Å². The standard InChI is InChI=1S/C19H28N2O3/c1-15-12-21(13-16(2)24-15)17-8-10-20(11-9-17)19(22)14-23-18-6-4-3-5-7-18/h3-7,15-17H,8-14H2,1-2H3/p+1/t15-,16-/m1/s1.